The van der Waals surface area contributed by atoms with Crippen LogP contribution in [0.5, 0.6) is 0 Å². The summed E-state index contributed by atoms with van der Waals surface area (Å²) in [5, 5.41) is 8.84. The molecule has 0 aliphatic carbocycles. The molecule has 0 saturated heterocycles. The highest BCUT2D eigenvalue weighted by molar-refractivity contribution is 5.81. The fourth-order valence-corrected chi connectivity index (χ4v) is 1.98. The predicted molar refractivity (Wildman–Crippen MR) is 70.0 cm³/mol. The average Bonchev–Trinajstić information content (AvgIpc) is 2.46. The van der Waals surface area contributed by atoms with E-state index >= 15 is 0 Å². The van der Waals surface area contributed by atoms with Gasteiger partial charge in [0.1, 0.15) is 0 Å². The van der Waals surface area contributed by atoms with Crippen LogP contribution in [0, 0.1) is 0 Å². The summed E-state index contributed by atoms with van der Waals surface area (Å²) in [6.07, 6.45) is -4.36. The van der Waals surface area contributed by atoms with Gasteiger partial charge in [0.25, 0.3) is 0 Å². The lowest BCUT2D eigenvalue weighted by Gasteiger charge is -2.08. The van der Waals surface area contributed by atoms with Gasteiger partial charge < -0.3 is 0 Å². The zero-order valence-corrected chi connectivity index (χ0v) is 10.2. The van der Waals surface area contributed by atoms with Gasteiger partial charge >= 0.3 is 6.18 Å². The number of hydrogen-bond donors (Lipinski definition) is 0. The van der Waals surface area contributed by atoms with Crippen LogP contribution in [-0.4, -0.2) is 10.2 Å². The van der Waals surface area contributed by atoms with E-state index in [1.54, 1.807) is 18.2 Å². The molecule has 3 rings (SSSR count). The van der Waals surface area contributed by atoms with Crippen LogP contribution in [0.1, 0.15) is 5.56 Å². The molecule has 2 aromatic carbocycles. The van der Waals surface area contributed by atoms with Gasteiger partial charge in [0.15, 0.2) is 0 Å². The lowest BCUT2D eigenvalue weighted by molar-refractivity contribution is -0.137. The van der Waals surface area contributed by atoms with Gasteiger partial charge in [-0.2, -0.15) is 13.2 Å². The van der Waals surface area contributed by atoms with Crippen LogP contribution >= 0.6 is 0 Å². The van der Waals surface area contributed by atoms with Gasteiger partial charge in [0.2, 0.25) is 0 Å². The van der Waals surface area contributed by atoms with Crippen molar-refractivity contribution in [2.75, 3.05) is 0 Å². The number of nitrogens with zero attached hydrogens (tertiary/aromatic N) is 2. The SMILES string of the molecule is FC(F)(F)c1cccc(-c2cc3ccccc3nn2)c1. The van der Waals surface area contributed by atoms with Gasteiger partial charge in [0, 0.05) is 10.9 Å². The third-order valence-corrected chi connectivity index (χ3v) is 2.98. The standard InChI is InChI=1S/C15H9F3N2/c16-15(17,18)12-6-3-5-10(8-12)14-9-11-4-1-2-7-13(11)19-20-14/h1-9H. The molecule has 0 unspecified atom stereocenters. The minimum atomic E-state index is -4.36. The molecule has 0 aliphatic rings. The van der Waals surface area contributed by atoms with Gasteiger partial charge in [-0.25, -0.2) is 0 Å². The molecule has 1 heterocycles. The van der Waals surface area contributed by atoms with Crippen molar-refractivity contribution < 1.29 is 13.2 Å². The van der Waals surface area contributed by atoms with Crippen LogP contribution in [0.4, 0.5) is 13.2 Å². The van der Waals surface area contributed by atoms with Crippen molar-refractivity contribution >= 4 is 10.9 Å². The lowest BCUT2D eigenvalue weighted by atomic mass is 10.1. The van der Waals surface area contributed by atoms with Crippen LogP contribution in [0.25, 0.3) is 22.2 Å². The maximum Gasteiger partial charge on any atom is 0.416 e. The summed E-state index contributed by atoms with van der Waals surface area (Å²) in [5.41, 5.74) is 0.848. The second-order valence-corrected chi connectivity index (χ2v) is 4.37. The van der Waals surface area contributed by atoms with Gasteiger partial charge in [-0.3, -0.25) is 0 Å². The smallest absolute Gasteiger partial charge is 0.166 e. The second-order valence-electron chi connectivity index (χ2n) is 4.37. The van der Waals surface area contributed by atoms with E-state index in [0.717, 1.165) is 17.5 Å². The zero-order chi connectivity index (χ0) is 14.2. The fourth-order valence-electron chi connectivity index (χ4n) is 1.98. The van der Waals surface area contributed by atoms with Crippen LogP contribution in [0.15, 0.2) is 54.6 Å². The Morgan fingerprint density at radius 3 is 2.40 bits per heavy atom. The van der Waals surface area contributed by atoms with Crippen LogP contribution in [-0.2, 0) is 6.18 Å². The van der Waals surface area contributed by atoms with E-state index < -0.39 is 11.7 Å². The molecule has 0 radical (unpaired) electrons. The third-order valence-electron chi connectivity index (χ3n) is 2.98. The number of halogens is 3. The Balaban J connectivity index is 2.11. The minimum absolute atomic E-state index is 0.401. The summed E-state index contributed by atoms with van der Waals surface area (Å²) >= 11 is 0. The quantitative estimate of drug-likeness (QED) is 0.660. The first-order chi connectivity index (χ1) is 9.54. The Bertz CT molecular complexity index is 766. The molecular weight excluding hydrogens is 265 g/mol. The molecule has 1 aromatic heterocycles. The molecule has 0 saturated carbocycles. The molecule has 0 bridgehead atoms. The maximum atomic E-state index is 12.7. The maximum absolute atomic E-state index is 12.7. The van der Waals surface area contributed by atoms with Crippen molar-refractivity contribution in [3.63, 3.8) is 0 Å². The second kappa shape index (κ2) is 4.59. The Morgan fingerprint density at radius 2 is 1.60 bits per heavy atom. The predicted octanol–water partition coefficient (Wildman–Crippen LogP) is 4.32. The van der Waals surface area contributed by atoms with Crippen molar-refractivity contribution in [2.45, 2.75) is 6.18 Å². The van der Waals surface area contributed by atoms with Crippen molar-refractivity contribution in [3.8, 4) is 11.3 Å². The summed E-state index contributed by atoms with van der Waals surface area (Å²) in [4.78, 5) is 0. The molecule has 20 heavy (non-hydrogen) atoms. The molecule has 0 N–H and O–H groups in total. The van der Waals surface area contributed by atoms with Crippen LogP contribution < -0.4 is 0 Å². The molecule has 0 spiro atoms. The summed E-state index contributed by atoms with van der Waals surface area (Å²) in [6, 6.07) is 14.2. The Hall–Kier alpha value is -2.43. The molecule has 0 atom stereocenters. The Morgan fingerprint density at radius 1 is 0.800 bits per heavy atom. The topological polar surface area (TPSA) is 25.8 Å². The van der Waals surface area contributed by atoms with Crippen LogP contribution in [0.3, 0.4) is 0 Å². The minimum Gasteiger partial charge on any atom is -0.166 e. The number of benzene rings is 2. The number of fused-ring (bicyclic) bond motifs is 1. The number of alkyl halides is 3. The van der Waals surface area contributed by atoms with Gasteiger partial charge in [-0.1, -0.05) is 30.3 Å². The largest absolute Gasteiger partial charge is 0.416 e. The summed E-state index contributed by atoms with van der Waals surface area (Å²) in [5.74, 6) is 0. The number of rotatable bonds is 1. The Labute approximate surface area is 112 Å². The zero-order valence-electron chi connectivity index (χ0n) is 10.2. The normalized spacial score (nSPS) is 11.8. The molecule has 5 heteroatoms. The van der Waals surface area contributed by atoms with Gasteiger partial charge in [-0.15, -0.1) is 10.2 Å². The van der Waals surface area contributed by atoms with Crippen molar-refractivity contribution in [2.24, 2.45) is 0 Å². The first-order valence-electron chi connectivity index (χ1n) is 5.94. The van der Waals surface area contributed by atoms with Crippen molar-refractivity contribution in [1.82, 2.24) is 10.2 Å². The average molecular weight is 274 g/mol. The first-order valence-corrected chi connectivity index (χ1v) is 5.94. The molecule has 0 amide bonds. The van der Waals surface area contributed by atoms with E-state index in [0.29, 0.717) is 16.8 Å². The molecule has 100 valence electrons. The van der Waals surface area contributed by atoms with Gasteiger partial charge in [-0.05, 0) is 24.3 Å². The van der Waals surface area contributed by atoms with E-state index in [1.807, 2.05) is 18.2 Å². The van der Waals surface area contributed by atoms with E-state index in [9.17, 15) is 13.2 Å². The lowest BCUT2D eigenvalue weighted by Crippen LogP contribution is -2.04. The molecule has 3 aromatic rings. The molecule has 0 aliphatic heterocycles. The highest BCUT2D eigenvalue weighted by atomic mass is 19.4. The van der Waals surface area contributed by atoms with Gasteiger partial charge in [0.05, 0.1) is 16.8 Å². The van der Waals surface area contributed by atoms with Crippen molar-refractivity contribution in [1.29, 1.82) is 0 Å². The third kappa shape index (κ3) is 2.34. The number of aromatic nitrogens is 2. The highest BCUT2D eigenvalue weighted by Crippen LogP contribution is 2.31. The molecule has 0 fully saturated rings. The Kier molecular flexibility index (Phi) is 2.89. The summed E-state index contributed by atoms with van der Waals surface area (Å²) in [7, 11) is 0. The van der Waals surface area contributed by atoms with E-state index in [4.69, 9.17) is 0 Å². The van der Waals surface area contributed by atoms with E-state index in [2.05, 4.69) is 10.2 Å². The summed E-state index contributed by atoms with van der Waals surface area (Å²) in [6.45, 7) is 0. The molecular formula is C15H9F3N2. The van der Waals surface area contributed by atoms with Crippen LogP contribution in [0.2, 0.25) is 0 Å². The monoisotopic (exact) mass is 274 g/mol. The van der Waals surface area contributed by atoms with E-state index in [1.165, 1.54) is 6.07 Å². The number of hydrogen-bond acceptors (Lipinski definition) is 2. The summed E-state index contributed by atoms with van der Waals surface area (Å²) < 4.78 is 38.1. The highest BCUT2D eigenvalue weighted by Gasteiger charge is 2.30. The van der Waals surface area contributed by atoms with E-state index in [-0.39, 0.29) is 0 Å². The fraction of sp³-hybridized carbons (Fsp3) is 0.0667. The van der Waals surface area contributed by atoms with Crippen molar-refractivity contribution in [3.05, 3.63) is 60.2 Å². The molecule has 2 nitrogen and oxygen atoms in total. The first kappa shape index (κ1) is 12.6.